The molecule has 5 aliphatic rings. The van der Waals surface area contributed by atoms with Gasteiger partial charge in [0, 0.05) is 189 Å². The number of halogens is 1. The molecule has 0 spiro atoms. The van der Waals surface area contributed by atoms with Gasteiger partial charge in [-0.3, -0.25) is 23.5 Å². The molecule has 5 aliphatic heterocycles. The molecule has 692 valence electrons. The highest BCUT2D eigenvalue weighted by Crippen LogP contribution is 2.34. The summed E-state index contributed by atoms with van der Waals surface area (Å²) in [5, 5.41) is 64.0. The molecule has 0 unspecified atom stereocenters. The Morgan fingerprint density at radius 3 is 1.03 bits per heavy atom. The lowest BCUT2D eigenvalue weighted by molar-refractivity contribution is -0.0195. The number of aromatic carboxylic acids is 1. The van der Waals surface area contributed by atoms with E-state index in [2.05, 4.69) is 79.6 Å². The minimum Gasteiger partial charge on any atom is -0.489 e. The number of carbonyl (C=O) groups excluding carboxylic acids is 3. The largest absolute Gasteiger partial charge is 0.489 e. The van der Waals surface area contributed by atoms with E-state index >= 15 is 0 Å². The number of esters is 2. The summed E-state index contributed by atoms with van der Waals surface area (Å²) in [4.78, 5) is 83.5. The van der Waals surface area contributed by atoms with Crippen molar-refractivity contribution in [1.82, 2.24) is 83.9 Å². The molecule has 0 radical (unpaired) electrons. The Bertz CT molecular complexity index is 6260. The first-order valence-electron chi connectivity index (χ1n) is 43.4. The van der Waals surface area contributed by atoms with Gasteiger partial charge in [0.15, 0.2) is 22.8 Å². The number of benzene rings is 4. The van der Waals surface area contributed by atoms with Gasteiger partial charge in [-0.2, -0.15) is 41.4 Å². The van der Waals surface area contributed by atoms with Crippen LogP contribution in [0.4, 0.5) is 5.82 Å². The zero-order valence-corrected chi connectivity index (χ0v) is 75.7. The number of ether oxygens (including phenoxy) is 11. The van der Waals surface area contributed by atoms with E-state index < -0.39 is 17.9 Å². The number of carboxylic acids is 1. The third-order valence-electron chi connectivity index (χ3n) is 21.9. The third kappa shape index (κ3) is 26.2. The first kappa shape index (κ1) is 96.5. The molecule has 17 rings (SSSR count). The van der Waals surface area contributed by atoms with Gasteiger partial charge in [0.05, 0.1) is 117 Å². The van der Waals surface area contributed by atoms with Crippen molar-refractivity contribution in [3.05, 3.63) is 231 Å². The van der Waals surface area contributed by atoms with Crippen LogP contribution in [-0.4, -0.2) is 230 Å². The second-order valence-electron chi connectivity index (χ2n) is 31.2. The lowest BCUT2D eigenvalue weighted by Gasteiger charge is -2.37. The Morgan fingerprint density at radius 1 is 0.418 bits per heavy atom. The van der Waals surface area contributed by atoms with Gasteiger partial charge in [-0.25, -0.2) is 54.3 Å². The van der Waals surface area contributed by atoms with Gasteiger partial charge in [-0.15, -0.1) is 0 Å². The van der Waals surface area contributed by atoms with Crippen LogP contribution in [0.5, 0.6) is 23.0 Å². The molecule has 0 bridgehead atoms. The number of amides is 1. The molecule has 4 aromatic carbocycles. The van der Waals surface area contributed by atoms with Crippen molar-refractivity contribution in [2.45, 2.75) is 115 Å². The second kappa shape index (κ2) is 47.2. The van der Waals surface area contributed by atoms with Gasteiger partial charge in [0.1, 0.15) is 95.0 Å². The van der Waals surface area contributed by atoms with Gasteiger partial charge in [-0.05, 0) is 141 Å². The average molecular weight is 1840 g/mol. The molecule has 5 fully saturated rings. The van der Waals surface area contributed by atoms with Gasteiger partial charge in [-0.1, -0.05) is 0 Å². The normalized spacial score (nSPS) is 14.5. The molecule has 8 aromatic heterocycles. The molecule has 0 atom stereocenters. The van der Waals surface area contributed by atoms with Gasteiger partial charge < -0.3 is 67.8 Å². The van der Waals surface area contributed by atoms with Crippen LogP contribution in [-0.2, 0) is 80.6 Å². The fourth-order valence-electron chi connectivity index (χ4n) is 14.6. The van der Waals surface area contributed by atoms with E-state index in [4.69, 9.17) is 79.5 Å². The minimum absolute atomic E-state index is 0.0209. The summed E-state index contributed by atoms with van der Waals surface area (Å²) >= 11 is 5.80. The van der Waals surface area contributed by atoms with E-state index in [1.54, 1.807) is 155 Å². The van der Waals surface area contributed by atoms with Crippen molar-refractivity contribution in [1.29, 1.82) is 21.0 Å². The number of nitriles is 4. The van der Waals surface area contributed by atoms with Crippen molar-refractivity contribution >= 4 is 41.2 Å². The number of nitrogen functional groups attached to an aromatic ring is 1. The highest BCUT2D eigenvalue weighted by atomic mass is 35.5. The van der Waals surface area contributed by atoms with Crippen molar-refractivity contribution < 1.29 is 76.4 Å². The fourth-order valence-corrected chi connectivity index (χ4v) is 14.7. The number of aryl methyl sites for hydroxylation is 4. The van der Waals surface area contributed by atoms with Crippen LogP contribution >= 0.6 is 11.6 Å². The summed E-state index contributed by atoms with van der Waals surface area (Å²) in [6.45, 7) is 10.7. The Labute approximate surface area is 777 Å². The maximum atomic E-state index is 12.7. The zero-order valence-electron chi connectivity index (χ0n) is 74.9. The van der Waals surface area contributed by atoms with Gasteiger partial charge in [0.25, 0.3) is 5.91 Å². The number of nitrogens with zero attached hydrogens (tertiary/aromatic N) is 21. The molecule has 12 aromatic rings. The monoisotopic (exact) mass is 1840 g/mol. The molecule has 5 saturated heterocycles. The average Bonchev–Trinajstić information content (AvgIpc) is 1.48. The Balaban J connectivity index is 0.000000147. The quantitative estimate of drug-likeness (QED) is 0.0396. The summed E-state index contributed by atoms with van der Waals surface area (Å²) in [5.41, 5.74) is 16.4. The van der Waals surface area contributed by atoms with Gasteiger partial charge in [0.2, 0.25) is 5.28 Å². The number of methoxy groups -OCH3 is 1. The third-order valence-corrected chi connectivity index (χ3v) is 22.1. The molecule has 13 heterocycles. The fraction of sp³-hybridized carbons (Fsp3) is 0.368. The van der Waals surface area contributed by atoms with Crippen molar-refractivity contribution in [3.63, 3.8) is 0 Å². The minimum atomic E-state index is -1.08. The standard InChI is InChI=1S/C26H28N6O4.C24H25N5O4.C22H21N5O4.C16H14ClN3O2.C7H11N3O2/c1-31-19(12-23(30-31)26(33)32-15-21(16-32)34-2)13-25-28-8-5-22(29-25)17-3-4-24(18(11-17)14-27)36-20-6-9-35-10-7-20;1-3-32-24(30)21-13-18(29(2)28-21)14-23-26-9-6-20(27-23)16-4-5-22(17(12-16)15-25)33-19-7-10-31-11-8-19;1-27-16(11-19(26-27)22(28)29)12-21-24-7-4-18(25-21)14-2-3-20(15(10-14)13-23)31-17-5-8-30-9-6-17;17-16-19-6-3-14(20-16)11-1-2-15(12(9-11)10-18)22-13-4-7-21-8-5-13;1-3-12-7(11)5-4-6(8)10(2)9-5/h3-5,8,11-12,20-21H,6-7,9-10,13,15-16H2,1-2H3;4-6,9,12-13,19H,3,7-8,10-11,14H2,1-2H3;2-4,7,10-11,17H,5-6,8-9,12H2,1H3,(H,28,29);1-3,6,9,13H,4-5,7-8H2;4H,3,8H2,1-2H3. The molecule has 1 amide bonds. The summed E-state index contributed by atoms with van der Waals surface area (Å²) in [5.74, 6) is 2.36. The number of hydrogen-bond donors (Lipinski definition) is 2. The number of aromatic nitrogens is 16. The Kier molecular flexibility index (Phi) is 34.0. The number of carbonyl (C=O) groups is 4. The number of rotatable bonds is 25. The smallest absolute Gasteiger partial charge is 0.358 e. The van der Waals surface area contributed by atoms with E-state index in [-0.39, 0.29) is 58.8 Å². The van der Waals surface area contributed by atoms with Crippen molar-refractivity contribution in [3.8, 4) is 92.3 Å². The van der Waals surface area contributed by atoms with E-state index in [0.717, 1.165) is 85.0 Å². The lowest BCUT2D eigenvalue weighted by Crippen LogP contribution is -2.54. The predicted molar refractivity (Wildman–Crippen MR) is 483 cm³/mol. The maximum absolute atomic E-state index is 12.7. The van der Waals surface area contributed by atoms with Crippen molar-refractivity contribution in [2.75, 3.05) is 92.0 Å². The van der Waals surface area contributed by atoms with Gasteiger partial charge >= 0.3 is 17.9 Å². The molecular weight excluding hydrogens is 1740 g/mol. The first-order chi connectivity index (χ1) is 65.0. The van der Waals surface area contributed by atoms with Crippen LogP contribution in [0.1, 0.15) is 164 Å². The van der Waals surface area contributed by atoms with E-state index in [9.17, 15) is 40.2 Å². The number of hydrogen-bond acceptors (Lipinski definition) is 32. The summed E-state index contributed by atoms with van der Waals surface area (Å²) in [7, 11) is 8.56. The highest BCUT2D eigenvalue weighted by Gasteiger charge is 2.33. The Hall–Kier alpha value is -15.0. The topological polar surface area (TPSA) is 489 Å². The van der Waals surface area contributed by atoms with E-state index in [1.807, 2.05) is 42.5 Å². The molecule has 3 N–H and O–H groups in total. The van der Waals surface area contributed by atoms with Crippen molar-refractivity contribution in [2.24, 2.45) is 28.2 Å². The summed E-state index contributed by atoms with van der Waals surface area (Å²) < 4.78 is 66.7. The SMILES string of the molecule is CCOC(=O)c1cc(Cc2nccc(-c3ccc(OC4CCOCC4)c(C#N)c3)n2)n(C)n1.CCOC(=O)c1cc(N)n(C)n1.COC1CN(C(=O)c2cc(Cc3nccc(-c4ccc(OC5CCOCC5)c(C#N)c4)n3)n(C)n2)C1.Cn1nc(C(=O)O)cc1Cc1nccc(-c2ccc(OC3CCOCC3)c(C#N)c2)n1.N#Cc1cc(-c2ccnc(Cl)n2)ccc1OC1CCOCC1. The molecule has 38 nitrogen and oxygen atoms in total. The number of nitrogens with two attached hydrogens (primary N) is 1. The molecule has 0 saturated carbocycles. The molecule has 0 aliphatic carbocycles. The van der Waals surface area contributed by atoms with E-state index in [0.29, 0.717) is 201 Å². The summed E-state index contributed by atoms with van der Waals surface area (Å²) in [6, 6.07) is 44.3. The molecule has 134 heavy (non-hydrogen) atoms. The van der Waals surface area contributed by atoms with E-state index in [1.165, 1.54) is 21.5 Å². The van der Waals surface area contributed by atoms with Crippen LogP contribution in [0.2, 0.25) is 5.28 Å². The summed E-state index contributed by atoms with van der Waals surface area (Å²) in [6.07, 6.45) is 14.7. The first-order valence-corrected chi connectivity index (χ1v) is 43.8. The number of carboxylic acid groups (broad SMARTS) is 1. The second-order valence-corrected chi connectivity index (χ2v) is 31.5. The highest BCUT2D eigenvalue weighted by molar-refractivity contribution is 6.28. The van der Waals surface area contributed by atoms with Crippen LogP contribution in [0, 0.1) is 45.3 Å². The van der Waals surface area contributed by atoms with Crippen LogP contribution in [0.15, 0.2) is 146 Å². The number of anilines is 1. The molecular formula is C95H99ClN22O16. The predicted octanol–water partition coefficient (Wildman–Crippen LogP) is 11.4. The maximum Gasteiger partial charge on any atom is 0.358 e. The zero-order chi connectivity index (χ0) is 94.6. The van der Waals surface area contributed by atoms with Crippen LogP contribution in [0.3, 0.4) is 0 Å². The Morgan fingerprint density at radius 2 is 0.724 bits per heavy atom. The van der Waals surface area contributed by atoms with Crippen LogP contribution < -0.4 is 24.7 Å². The van der Waals surface area contributed by atoms with Crippen LogP contribution in [0.25, 0.3) is 45.0 Å². The number of likely N-dealkylation sites (tertiary alicyclic amines) is 1. The lowest BCUT2D eigenvalue weighted by atomic mass is 10.1. The molecule has 39 heteroatoms.